The second-order valence-electron chi connectivity index (χ2n) is 4.33. The van der Waals surface area contributed by atoms with E-state index < -0.39 is 33.2 Å². The number of rotatable bonds is 6. The summed E-state index contributed by atoms with van der Waals surface area (Å²) in [5, 5.41) is 1.94. The molecule has 21 heavy (non-hydrogen) atoms. The molecule has 0 heterocycles. The molecule has 0 aromatic heterocycles. The lowest BCUT2D eigenvalue weighted by molar-refractivity contribution is -0.120. The van der Waals surface area contributed by atoms with E-state index in [1.807, 2.05) is 0 Å². The van der Waals surface area contributed by atoms with E-state index in [2.05, 4.69) is 5.32 Å². The quantitative estimate of drug-likeness (QED) is 0.763. The zero-order chi connectivity index (χ0) is 16.2. The van der Waals surface area contributed by atoms with Crippen LogP contribution in [0.5, 0.6) is 0 Å². The molecule has 0 aliphatic rings. The van der Waals surface area contributed by atoms with Gasteiger partial charge in [0.1, 0.15) is 4.90 Å². The van der Waals surface area contributed by atoms with Gasteiger partial charge in [-0.1, -0.05) is 18.5 Å². The van der Waals surface area contributed by atoms with Gasteiger partial charge in [0.15, 0.2) is 5.82 Å². The Labute approximate surface area is 128 Å². The third-order valence-corrected chi connectivity index (χ3v) is 4.83. The maximum absolute atomic E-state index is 14.0. The van der Waals surface area contributed by atoms with Crippen molar-refractivity contribution in [1.29, 1.82) is 0 Å². The van der Waals surface area contributed by atoms with Crippen LogP contribution in [0.4, 0.5) is 10.1 Å². The van der Waals surface area contributed by atoms with Crippen LogP contribution in [0.25, 0.3) is 0 Å². The Morgan fingerprint density at radius 1 is 1.48 bits per heavy atom. The number of likely N-dealkylation sites (N-methyl/N-ethyl adjacent to an activating group) is 1. The van der Waals surface area contributed by atoms with Gasteiger partial charge in [0.05, 0.1) is 11.6 Å². The summed E-state index contributed by atoms with van der Waals surface area (Å²) in [5.41, 5.74) is 5.54. The normalized spacial score (nSPS) is 11.7. The fourth-order valence-corrected chi connectivity index (χ4v) is 3.58. The fraction of sp³-hybridized carbons (Fsp3) is 0.417. The highest BCUT2D eigenvalue weighted by molar-refractivity contribution is 7.89. The van der Waals surface area contributed by atoms with Crippen molar-refractivity contribution in [3.63, 3.8) is 0 Å². The van der Waals surface area contributed by atoms with Gasteiger partial charge < -0.3 is 11.1 Å². The first-order chi connectivity index (χ1) is 9.73. The molecule has 9 heteroatoms. The summed E-state index contributed by atoms with van der Waals surface area (Å²) in [6.45, 7) is 1.41. The maximum Gasteiger partial charge on any atom is 0.246 e. The topological polar surface area (TPSA) is 92.5 Å². The summed E-state index contributed by atoms with van der Waals surface area (Å²) in [6.07, 6.45) is 0.466. The van der Waals surface area contributed by atoms with Gasteiger partial charge in [-0.15, -0.1) is 0 Å². The summed E-state index contributed by atoms with van der Waals surface area (Å²) >= 11 is 5.62. The first kappa shape index (κ1) is 17.7. The predicted octanol–water partition coefficient (Wildman–Crippen LogP) is 1.21. The van der Waals surface area contributed by atoms with Gasteiger partial charge in [-0.2, -0.15) is 4.31 Å². The molecular weight excluding hydrogens is 321 g/mol. The van der Waals surface area contributed by atoms with Gasteiger partial charge in [0.2, 0.25) is 15.9 Å². The number of nitrogens with one attached hydrogen (secondary N) is 1. The van der Waals surface area contributed by atoms with Crippen molar-refractivity contribution in [2.75, 3.05) is 25.9 Å². The second-order valence-corrected chi connectivity index (χ2v) is 6.64. The lowest BCUT2D eigenvalue weighted by Gasteiger charge is -2.21. The van der Waals surface area contributed by atoms with Crippen molar-refractivity contribution < 1.29 is 17.6 Å². The first-order valence-electron chi connectivity index (χ1n) is 6.19. The largest absolute Gasteiger partial charge is 0.399 e. The minimum atomic E-state index is -4.21. The highest BCUT2D eigenvalue weighted by atomic mass is 35.5. The molecule has 0 atom stereocenters. The number of halogens is 2. The van der Waals surface area contributed by atoms with Crippen LogP contribution in [0.2, 0.25) is 5.02 Å². The van der Waals surface area contributed by atoms with Crippen molar-refractivity contribution in [3.8, 4) is 0 Å². The molecular formula is C12H17ClFN3O3S. The Morgan fingerprint density at radius 3 is 2.62 bits per heavy atom. The van der Waals surface area contributed by atoms with Crippen LogP contribution in [-0.4, -0.2) is 38.8 Å². The Hall–Kier alpha value is -1.38. The van der Waals surface area contributed by atoms with Gasteiger partial charge in [0.25, 0.3) is 0 Å². The highest BCUT2D eigenvalue weighted by Gasteiger charge is 2.29. The van der Waals surface area contributed by atoms with Gasteiger partial charge in [-0.3, -0.25) is 4.79 Å². The van der Waals surface area contributed by atoms with Gasteiger partial charge in [0, 0.05) is 19.3 Å². The summed E-state index contributed by atoms with van der Waals surface area (Å²) < 4.78 is 39.9. The van der Waals surface area contributed by atoms with Crippen LogP contribution >= 0.6 is 11.6 Å². The molecule has 0 unspecified atom stereocenters. The number of nitrogens with two attached hydrogens (primary N) is 1. The molecule has 0 saturated heterocycles. The van der Waals surface area contributed by atoms with Crippen LogP contribution in [0, 0.1) is 5.82 Å². The maximum atomic E-state index is 14.0. The number of amides is 1. The zero-order valence-corrected chi connectivity index (χ0v) is 13.3. The zero-order valence-electron chi connectivity index (χ0n) is 11.7. The third kappa shape index (κ3) is 4.05. The number of carbonyl (C=O) groups is 1. The van der Waals surface area contributed by atoms with Crippen LogP contribution in [0.15, 0.2) is 17.0 Å². The minimum Gasteiger partial charge on any atom is -0.399 e. The number of sulfonamides is 1. The predicted molar refractivity (Wildman–Crippen MR) is 78.9 cm³/mol. The highest BCUT2D eigenvalue weighted by Crippen LogP contribution is 2.28. The summed E-state index contributed by atoms with van der Waals surface area (Å²) in [4.78, 5) is 10.8. The summed E-state index contributed by atoms with van der Waals surface area (Å²) in [5.74, 6) is -1.58. The van der Waals surface area contributed by atoms with E-state index in [4.69, 9.17) is 17.3 Å². The molecule has 0 radical (unpaired) electrons. The molecule has 1 aromatic carbocycles. The molecule has 0 aliphatic heterocycles. The van der Waals surface area contributed by atoms with Crippen molar-refractivity contribution in [2.45, 2.75) is 18.2 Å². The molecule has 0 bridgehead atoms. The van der Waals surface area contributed by atoms with Crippen LogP contribution in [-0.2, 0) is 14.8 Å². The molecule has 3 N–H and O–H groups in total. The van der Waals surface area contributed by atoms with Crippen LogP contribution in [0.3, 0.4) is 0 Å². The third-order valence-electron chi connectivity index (χ3n) is 2.71. The molecule has 1 aromatic rings. The van der Waals surface area contributed by atoms with E-state index in [1.54, 1.807) is 6.92 Å². The molecule has 6 nitrogen and oxygen atoms in total. The van der Waals surface area contributed by atoms with Crippen LogP contribution < -0.4 is 11.1 Å². The van der Waals surface area contributed by atoms with E-state index in [0.717, 1.165) is 16.4 Å². The van der Waals surface area contributed by atoms with E-state index in [-0.39, 0.29) is 17.3 Å². The number of nitrogen functional groups attached to an aromatic ring is 1. The monoisotopic (exact) mass is 337 g/mol. The number of nitrogens with zero attached hydrogens (tertiary/aromatic N) is 1. The summed E-state index contributed by atoms with van der Waals surface area (Å²) in [6, 6.07) is 2.11. The molecule has 1 amide bonds. The number of hydrogen-bond donors (Lipinski definition) is 2. The molecule has 0 spiro atoms. The first-order valence-corrected chi connectivity index (χ1v) is 8.01. The number of benzene rings is 1. The summed E-state index contributed by atoms with van der Waals surface area (Å²) in [7, 11) is -2.83. The SMILES string of the molecule is CCCN(CC(=O)NC)S(=O)(=O)c1cc(N)cc(Cl)c1F. The minimum absolute atomic E-state index is 0.0244. The van der Waals surface area contributed by atoms with Crippen molar-refractivity contribution in [3.05, 3.63) is 23.0 Å². The molecule has 0 saturated carbocycles. The van der Waals surface area contributed by atoms with E-state index >= 15 is 0 Å². The molecule has 1 rings (SSSR count). The number of hydrogen-bond acceptors (Lipinski definition) is 4. The Morgan fingerprint density at radius 2 is 2.10 bits per heavy atom. The second kappa shape index (κ2) is 7.06. The van der Waals surface area contributed by atoms with E-state index in [9.17, 15) is 17.6 Å². The van der Waals surface area contributed by atoms with Gasteiger partial charge in [-0.25, -0.2) is 12.8 Å². The van der Waals surface area contributed by atoms with Gasteiger partial charge in [-0.05, 0) is 18.6 Å². The Kier molecular flexibility index (Phi) is 5.94. The van der Waals surface area contributed by atoms with Crippen molar-refractivity contribution in [2.24, 2.45) is 0 Å². The number of anilines is 1. The smallest absolute Gasteiger partial charge is 0.246 e. The van der Waals surface area contributed by atoms with Crippen LogP contribution in [0.1, 0.15) is 13.3 Å². The molecule has 0 fully saturated rings. The average molecular weight is 338 g/mol. The van der Waals surface area contributed by atoms with E-state index in [1.165, 1.54) is 7.05 Å². The fourth-order valence-electron chi connectivity index (χ4n) is 1.68. The molecule has 0 aliphatic carbocycles. The van der Waals surface area contributed by atoms with Gasteiger partial charge >= 0.3 is 0 Å². The van der Waals surface area contributed by atoms with Crippen molar-refractivity contribution in [1.82, 2.24) is 9.62 Å². The lowest BCUT2D eigenvalue weighted by Crippen LogP contribution is -2.40. The Bertz CT molecular complexity index is 637. The van der Waals surface area contributed by atoms with E-state index in [0.29, 0.717) is 6.42 Å². The lowest BCUT2D eigenvalue weighted by atomic mass is 10.3. The Balaban J connectivity index is 3.32. The molecule has 118 valence electrons. The number of carbonyl (C=O) groups excluding carboxylic acids is 1. The average Bonchev–Trinajstić information content (AvgIpc) is 2.41. The van der Waals surface area contributed by atoms with Crippen molar-refractivity contribution >= 4 is 33.2 Å². The standard InChI is InChI=1S/C12H17ClFN3O3S/c1-3-4-17(7-11(18)16-2)21(19,20)10-6-8(15)5-9(13)12(10)14/h5-6H,3-4,7,15H2,1-2H3,(H,16,18).